The first-order valence-electron chi connectivity index (χ1n) is 5.20. The molecule has 4 nitrogen and oxygen atoms in total. The van der Waals surface area contributed by atoms with Crippen molar-refractivity contribution >= 4 is 27.5 Å². The summed E-state index contributed by atoms with van der Waals surface area (Å²) < 4.78 is 10.4. The molecule has 17 heavy (non-hydrogen) atoms. The Morgan fingerprint density at radius 3 is 2.41 bits per heavy atom. The lowest BCUT2D eigenvalue weighted by atomic mass is 10.1. The highest BCUT2D eigenvalue weighted by atomic mass is 79.9. The molecule has 1 aromatic carbocycles. The molecule has 1 amide bonds. The van der Waals surface area contributed by atoms with Gasteiger partial charge in [0.25, 0.3) is 0 Å². The van der Waals surface area contributed by atoms with E-state index in [1.807, 2.05) is 13.0 Å². The van der Waals surface area contributed by atoms with Crippen LogP contribution in [-0.4, -0.2) is 25.5 Å². The number of carbonyl (C=O) groups excluding carboxylic acids is 1. The van der Waals surface area contributed by atoms with Gasteiger partial charge in [-0.1, -0.05) is 15.9 Å². The van der Waals surface area contributed by atoms with Gasteiger partial charge in [-0.2, -0.15) is 0 Å². The van der Waals surface area contributed by atoms with Gasteiger partial charge in [-0.15, -0.1) is 0 Å². The lowest BCUT2D eigenvalue weighted by molar-refractivity contribution is -0.115. The van der Waals surface area contributed by atoms with Crippen molar-refractivity contribution in [1.29, 1.82) is 0 Å². The summed E-state index contributed by atoms with van der Waals surface area (Å²) in [6.07, 6.45) is 0.438. The van der Waals surface area contributed by atoms with E-state index in [1.165, 1.54) is 0 Å². The normalized spacial score (nSPS) is 9.88. The molecule has 0 aliphatic heterocycles. The molecule has 0 heterocycles. The minimum atomic E-state index is -0.0304. The highest BCUT2D eigenvalue weighted by Crippen LogP contribution is 2.32. The Morgan fingerprint density at radius 1 is 1.29 bits per heavy atom. The standard InChI is InChI=1S/C12H16BrNO3/c1-8-6-10(16-2)11(17-3)7-9(8)14-12(15)4-5-13/h6-7H,4-5H2,1-3H3,(H,14,15). The summed E-state index contributed by atoms with van der Waals surface area (Å²) >= 11 is 3.23. The number of anilines is 1. The molecule has 0 saturated heterocycles. The number of rotatable bonds is 5. The fourth-order valence-corrected chi connectivity index (χ4v) is 1.77. The molecule has 1 rings (SSSR count). The van der Waals surface area contributed by atoms with Gasteiger partial charge in [-0.3, -0.25) is 4.79 Å². The van der Waals surface area contributed by atoms with Gasteiger partial charge in [0.15, 0.2) is 11.5 Å². The highest BCUT2D eigenvalue weighted by Gasteiger charge is 2.10. The van der Waals surface area contributed by atoms with Crippen molar-refractivity contribution in [2.45, 2.75) is 13.3 Å². The van der Waals surface area contributed by atoms with Crippen LogP contribution >= 0.6 is 15.9 Å². The smallest absolute Gasteiger partial charge is 0.225 e. The van der Waals surface area contributed by atoms with E-state index >= 15 is 0 Å². The molecular weight excluding hydrogens is 286 g/mol. The Balaban J connectivity index is 2.96. The largest absolute Gasteiger partial charge is 0.493 e. The van der Waals surface area contributed by atoms with E-state index in [0.717, 1.165) is 11.3 Å². The number of hydrogen-bond acceptors (Lipinski definition) is 3. The first kappa shape index (κ1) is 13.8. The van der Waals surface area contributed by atoms with Gasteiger partial charge >= 0.3 is 0 Å². The molecule has 1 N–H and O–H groups in total. The summed E-state index contributed by atoms with van der Waals surface area (Å²) in [5.74, 6) is 1.23. The maximum Gasteiger partial charge on any atom is 0.225 e. The SMILES string of the molecule is COc1cc(C)c(NC(=O)CCBr)cc1OC. The Kier molecular flexibility index (Phi) is 5.28. The van der Waals surface area contributed by atoms with E-state index in [1.54, 1.807) is 20.3 Å². The molecule has 0 aliphatic carbocycles. The van der Waals surface area contributed by atoms with Crippen molar-refractivity contribution in [2.24, 2.45) is 0 Å². The average molecular weight is 302 g/mol. The van der Waals surface area contributed by atoms with Gasteiger partial charge < -0.3 is 14.8 Å². The summed E-state index contributed by atoms with van der Waals surface area (Å²) in [5, 5.41) is 3.48. The first-order valence-corrected chi connectivity index (χ1v) is 6.33. The van der Waals surface area contributed by atoms with Gasteiger partial charge in [-0.05, 0) is 18.6 Å². The predicted octanol–water partition coefficient (Wildman–Crippen LogP) is 2.74. The molecule has 94 valence electrons. The van der Waals surface area contributed by atoms with Crippen molar-refractivity contribution in [2.75, 3.05) is 24.9 Å². The number of alkyl halides is 1. The predicted molar refractivity (Wildman–Crippen MR) is 71.3 cm³/mol. The molecule has 0 fully saturated rings. The zero-order valence-corrected chi connectivity index (χ0v) is 11.8. The molecule has 0 unspecified atom stereocenters. The lowest BCUT2D eigenvalue weighted by Gasteiger charge is -2.13. The third kappa shape index (κ3) is 3.63. The fraction of sp³-hybridized carbons (Fsp3) is 0.417. The van der Waals surface area contributed by atoms with Crippen LogP contribution in [0.15, 0.2) is 12.1 Å². The molecule has 5 heteroatoms. The molecule has 0 atom stereocenters. The van der Waals surface area contributed by atoms with Crippen molar-refractivity contribution in [3.8, 4) is 11.5 Å². The molecular formula is C12H16BrNO3. The minimum absolute atomic E-state index is 0.0304. The summed E-state index contributed by atoms with van der Waals surface area (Å²) in [6.45, 7) is 1.91. The minimum Gasteiger partial charge on any atom is -0.493 e. The number of nitrogens with one attached hydrogen (secondary N) is 1. The van der Waals surface area contributed by atoms with Crippen LogP contribution < -0.4 is 14.8 Å². The van der Waals surface area contributed by atoms with Gasteiger partial charge in [-0.25, -0.2) is 0 Å². The number of aryl methyl sites for hydroxylation is 1. The van der Waals surface area contributed by atoms with Crippen molar-refractivity contribution < 1.29 is 14.3 Å². The van der Waals surface area contributed by atoms with E-state index in [2.05, 4.69) is 21.2 Å². The first-order chi connectivity index (χ1) is 8.12. The molecule has 0 saturated carbocycles. The van der Waals surface area contributed by atoms with Gasteiger partial charge in [0.1, 0.15) is 0 Å². The van der Waals surface area contributed by atoms with E-state index in [0.29, 0.717) is 23.2 Å². The summed E-state index contributed by atoms with van der Waals surface area (Å²) in [4.78, 5) is 11.5. The van der Waals surface area contributed by atoms with Gasteiger partial charge in [0.2, 0.25) is 5.91 Å². The fourth-order valence-electron chi connectivity index (χ4n) is 1.41. The zero-order chi connectivity index (χ0) is 12.8. The van der Waals surface area contributed by atoms with Crippen LogP contribution in [-0.2, 0) is 4.79 Å². The monoisotopic (exact) mass is 301 g/mol. The average Bonchev–Trinajstić information content (AvgIpc) is 2.31. The van der Waals surface area contributed by atoms with Crippen molar-refractivity contribution in [3.63, 3.8) is 0 Å². The number of hydrogen-bond donors (Lipinski definition) is 1. The lowest BCUT2D eigenvalue weighted by Crippen LogP contribution is -2.12. The van der Waals surface area contributed by atoms with Crippen LogP contribution in [0.2, 0.25) is 0 Å². The zero-order valence-electron chi connectivity index (χ0n) is 10.2. The van der Waals surface area contributed by atoms with Crippen LogP contribution in [0.4, 0.5) is 5.69 Å². The molecule has 0 aliphatic rings. The molecule has 1 aromatic rings. The van der Waals surface area contributed by atoms with E-state index in [9.17, 15) is 4.79 Å². The Labute approximate surface area is 109 Å². The number of ether oxygens (including phenoxy) is 2. The second kappa shape index (κ2) is 6.49. The Hall–Kier alpha value is -1.23. The quantitative estimate of drug-likeness (QED) is 0.851. The topological polar surface area (TPSA) is 47.6 Å². The van der Waals surface area contributed by atoms with Gasteiger partial charge in [0.05, 0.1) is 14.2 Å². The van der Waals surface area contributed by atoms with Crippen molar-refractivity contribution in [3.05, 3.63) is 17.7 Å². The second-order valence-electron chi connectivity index (χ2n) is 3.51. The number of amides is 1. The van der Waals surface area contributed by atoms with Crippen LogP contribution in [0.1, 0.15) is 12.0 Å². The highest BCUT2D eigenvalue weighted by molar-refractivity contribution is 9.09. The van der Waals surface area contributed by atoms with Crippen LogP contribution in [0.25, 0.3) is 0 Å². The molecule has 0 radical (unpaired) electrons. The van der Waals surface area contributed by atoms with Crippen LogP contribution in [0.3, 0.4) is 0 Å². The van der Waals surface area contributed by atoms with Crippen LogP contribution in [0.5, 0.6) is 11.5 Å². The number of benzene rings is 1. The van der Waals surface area contributed by atoms with Crippen molar-refractivity contribution in [1.82, 2.24) is 0 Å². The summed E-state index contributed by atoms with van der Waals surface area (Å²) in [5.41, 5.74) is 1.68. The maximum atomic E-state index is 11.5. The second-order valence-corrected chi connectivity index (χ2v) is 4.30. The number of carbonyl (C=O) groups is 1. The Morgan fingerprint density at radius 2 is 1.88 bits per heavy atom. The summed E-state index contributed by atoms with van der Waals surface area (Å²) in [7, 11) is 3.15. The Bertz CT molecular complexity index is 407. The molecule has 0 aromatic heterocycles. The molecule has 0 bridgehead atoms. The third-order valence-electron chi connectivity index (χ3n) is 2.33. The number of halogens is 1. The van der Waals surface area contributed by atoms with Crippen LogP contribution in [0, 0.1) is 6.92 Å². The number of methoxy groups -OCH3 is 2. The maximum absolute atomic E-state index is 11.5. The summed E-state index contributed by atoms with van der Waals surface area (Å²) in [6, 6.07) is 3.60. The molecule has 0 spiro atoms. The van der Waals surface area contributed by atoms with E-state index < -0.39 is 0 Å². The van der Waals surface area contributed by atoms with Gasteiger partial charge in [0, 0.05) is 23.5 Å². The third-order valence-corrected chi connectivity index (χ3v) is 2.72. The van der Waals surface area contributed by atoms with E-state index in [4.69, 9.17) is 9.47 Å². The van der Waals surface area contributed by atoms with E-state index in [-0.39, 0.29) is 5.91 Å².